The smallest absolute Gasteiger partial charge is 0.387 e. The molecule has 0 aliphatic heterocycles. The summed E-state index contributed by atoms with van der Waals surface area (Å²) in [4.78, 5) is 23.0. The van der Waals surface area contributed by atoms with Crippen molar-refractivity contribution in [1.29, 1.82) is 0 Å². The van der Waals surface area contributed by atoms with E-state index in [2.05, 4.69) is 9.47 Å². The van der Waals surface area contributed by atoms with Crippen LogP contribution in [-0.2, 0) is 20.7 Å². The lowest BCUT2D eigenvalue weighted by atomic mass is 10.0. The number of methoxy groups -OCH3 is 1. The molecule has 0 fully saturated rings. The van der Waals surface area contributed by atoms with Crippen LogP contribution in [0.3, 0.4) is 0 Å². The molecule has 0 spiro atoms. The molecule has 116 valence electrons. The first-order valence-electron chi connectivity index (χ1n) is 6.30. The maximum absolute atomic E-state index is 12.4. The summed E-state index contributed by atoms with van der Waals surface area (Å²) in [6, 6.07) is 4.13. The lowest BCUT2D eigenvalue weighted by Crippen LogP contribution is -2.12. The van der Waals surface area contributed by atoms with Gasteiger partial charge >= 0.3 is 18.6 Å². The van der Waals surface area contributed by atoms with Crippen LogP contribution in [0.15, 0.2) is 18.2 Å². The molecule has 0 amide bonds. The highest BCUT2D eigenvalue weighted by Crippen LogP contribution is 2.26. The van der Waals surface area contributed by atoms with Crippen molar-refractivity contribution in [2.24, 2.45) is 0 Å². The van der Waals surface area contributed by atoms with E-state index in [1.54, 1.807) is 6.92 Å². The Bertz CT molecular complexity index is 502. The van der Waals surface area contributed by atoms with Crippen LogP contribution in [-0.4, -0.2) is 32.3 Å². The Labute approximate surface area is 120 Å². The van der Waals surface area contributed by atoms with Gasteiger partial charge in [0, 0.05) is 12.0 Å². The zero-order valence-corrected chi connectivity index (χ0v) is 11.7. The van der Waals surface area contributed by atoms with E-state index in [0.29, 0.717) is 0 Å². The average molecular weight is 302 g/mol. The van der Waals surface area contributed by atoms with Crippen LogP contribution >= 0.6 is 0 Å². The van der Waals surface area contributed by atoms with Gasteiger partial charge in [0.1, 0.15) is 5.75 Å². The third-order valence-electron chi connectivity index (χ3n) is 2.64. The summed E-state index contributed by atoms with van der Waals surface area (Å²) >= 11 is 0. The molecule has 0 N–H and O–H groups in total. The van der Waals surface area contributed by atoms with Crippen LogP contribution < -0.4 is 4.74 Å². The van der Waals surface area contributed by atoms with Crippen molar-refractivity contribution in [2.75, 3.05) is 13.7 Å². The molecule has 0 heterocycles. The highest BCUT2D eigenvalue weighted by atomic mass is 19.3. The predicted molar refractivity (Wildman–Crippen MR) is 69.4 cm³/mol. The summed E-state index contributed by atoms with van der Waals surface area (Å²) in [5.74, 6) is -1.33. The van der Waals surface area contributed by atoms with Crippen LogP contribution in [0, 0.1) is 0 Å². The van der Waals surface area contributed by atoms with Gasteiger partial charge in [-0.15, -0.1) is 0 Å². The second-order valence-corrected chi connectivity index (χ2v) is 3.96. The van der Waals surface area contributed by atoms with Crippen molar-refractivity contribution in [3.63, 3.8) is 0 Å². The van der Waals surface area contributed by atoms with E-state index in [0.717, 1.165) is 0 Å². The fraction of sp³-hybridized carbons (Fsp3) is 0.429. The Morgan fingerprint density at radius 3 is 2.57 bits per heavy atom. The summed E-state index contributed by atoms with van der Waals surface area (Å²) in [5.41, 5.74) is 0.276. The molecule has 0 radical (unpaired) electrons. The van der Waals surface area contributed by atoms with Gasteiger partial charge in [0.2, 0.25) is 0 Å². The van der Waals surface area contributed by atoms with E-state index in [9.17, 15) is 18.4 Å². The Kier molecular flexibility index (Phi) is 6.58. The van der Waals surface area contributed by atoms with Gasteiger partial charge < -0.3 is 14.2 Å². The molecule has 1 rings (SSSR count). The van der Waals surface area contributed by atoms with Crippen LogP contribution in [0.25, 0.3) is 0 Å². The molecule has 0 aliphatic rings. The molecule has 1 aromatic rings. The fourth-order valence-electron chi connectivity index (χ4n) is 1.79. The molecule has 0 bridgehead atoms. The lowest BCUT2D eigenvalue weighted by molar-refractivity contribution is -0.143. The molecule has 7 heteroatoms. The topological polar surface area (TPSA) is 61.8 Å². The number of benzene rings is 1. The molecule has 0 atom stereocenters. The third-order valence-corrected chi connectivity index (χ3v) is 2.64. The highest BCUT2D eigenvalue weighted by Gasteiger charge is 2.19. The summed E-state index contributed by atoms with van der Waals surface area (Å²) in [7, 11) is 1.18. The zero-order chi connectivity index (χ0) is 15.8. The third kappa shape index (κ3) is 5.02. The Hall–Kier alpha value is -2.18. The minimum Gasteiger partial charge on any atom is -0.466 e. The van der Waals surface area contributed by atoms with Gasteiger partial charge in [-0.25, -0.2) is 4.79 Å². The van der Waals surface area contributed by atoms with Crippen LogP contribution in [0.4, 0.5) is 8.78 Å². The molecule has 0 aliphatic carbocycles. The minimum absolute atomic E-state index is 0.0339. The largest absolute Gasteiger partial charge is 0.466 e. The number of carbonyl (C=O) groups excluding carboxylic acids is 2. The van der Waals surface area contributed by atoms with E-state index in [1.165, 1.54) is 25.3 Å². The molecule has 1 aromatic carbocycles. The van der Waals surface area contributed by atoms with Gasteiger partial charge in [0.15, 0.2) is 0 Å². The number of ether oxygens (including phenoxy) is 3. The molecular weight excluding hydrogens is 286 g/mol. The van der Waals surface area contributed by atoms with Gasteiger partial charge in [0.25, 0.3) is 0 Å². The molecule has 0 aromatic heterocycles. The standard InChI is InChI=1S/C14H16F2O5/c1-3-20-12(17)8-7-9-10(13(18)19-2)5-4-6-11(9)21-14(15)16/h4-6,14H,3,7-8H2,1-2H3. The number of rotatable bonds is 7. The second kappa shape index (κ2) is 8.18. The van der Waals surface area contributed by atoms with E-state index >= 15 is 0 Å². The number of carbonyl (C=O) groups is 2. The molecule has 0 saturated carbocycles. The maximum atomic E-state index is 12.4. The number of esters is 2. The van der Waals surface area contributed by atoms with E-state index in [1.807, 2.05) is 0 Å². The first-order chi connectivity index (χ1) is 9.99. The average Bonchev–Trinajstić information content (AvgIpc) is 2.44. The predicted octanol–water partition coefficient (Wildman–Crippen LogP) is 2.57. The van der Waals surface area contributed by atoms with Gasteiger partial charge in [-0.05, 0) is 25.5 Å². The van der Waals surface area contributed by atoms with Crippen molar-refractivity contribution in [2.45, 2.75) is 26.4 Å². The Morgan fingerprint density at radius 1 is 1.29 bits per heavy atom. The Morgan fingerprint density at radius 2 is 2.00 bits per heavy atom. The quantitative estimate of drug-likeness (QED) is 0.724. The first kappa shape index (κ1) is 16.9. The summed E-state index contributed by atoms with van der Waals surface area (Å²) < 4.78 is 38.5. The summed E-state index contributed by atoms with van der Waals surface area (Å²) in [6.45, 7) is -1.15. The summed E-state index contributed by atoms with van der Waals surface area (Å²) in [6.07, 6.45) is -0.0202. The number of hydrogen-bond donors (Lipinski definition) is 0. The van der Waals surface area contributed by atoms with Crippen LogP contribution in [0.5, 0.6) is 5.75 Å². The SMILES string of the molecule is CCOC(=O)CCc1c(OC(F)F)cccc1C(=O)OC. The Balaban J connectivity index is 3.04. The number of alkyl halides is 2. The van der Waals surface area contributed by atoms with Crippen molar-refractivity contribution in [3.05, 3.63) is 29.3 Å². The minimum atomic E-state index is -3.03. The van der Waals surface area contributed by atoms with E-state index < -0.39 is 18.6 Å². The lowest BCUT2D eigenvalue weighted by Gasteiger charge is -2.13. The van der Waals surface area contributed by atoms with E-state index in [4.69, 9.17) is 4.74 Å². The molecule has 21 heavy (non-hydrogen) atoms. The maximum Gasteiger partial charge on any atom is 0.387 e. The molecule has 0 saturated heterocycles. The first-order valence-corrected chi connectivity index (χ1v) is 6.30. The van der Waals surface area contributed by atoms with Gasteiger partial charge in [-0.2, -0.15) is 8.78 Å². The normalized spacial score (nSPS) is 10.3. The van der Waals surface area contributed by atoms with Crippen LogP contribution in [0.1, 0.15) is 29.3 Å². The number of hydrogen-bond acceptors (Lipinski definition) is 5. The van der Waals surface area contributed by atoms with Gasteiger partial charge in [-0.3, -0.25) is 4.79 Å². The molecule has 5 nitrogen and oxygen atoms in total. The van der Waals surface area contributed by atoms with Crippen molar-refractivity contribution in [1.82, 2.24) is 0 Å². The van der Waals surface area contributed by atoms with Crippen LogP contribution in [0.2, 0.25) is 0 Å². The number of halogens is 2. The fourth-order valence-corrected chi connectivity index (χ4v) is 1.79. The zero-order valence-electron chi connectivity index (χ0n) is 11.7. The highest BCUT2D eigenvalue weighted by molar-refractivity contribution is 5.92. The van der Waals surface area contributed by atoms with Crippen molar-refractivity contribution in [3.8, 4) is 5.75 Å². The monoisotopic (exact) mass is 302 g/mol. The van der Waals surface area contributed by atoms with E-state index in [-0.39, 0.29) is 36.3 Å². The van der Waals surface area contributed by atoms with Crippen molar-refractivity contribution >= 4 is 11.9 Å². The van der Waals surface area contributed by atoms with Gasteiger partial charge in [-0.1, -0.05) is 6.07 Å². The summed E-state index contributed by atoms with van der Waals surface area (Å²) in [5, 5.41) is 0. The molecule has 0 unspecified atom stereocenters. The second-order valence-electron chi connectivity index (χ2n) is 3.96. The van der Waals surface area contributed by atoms with Gasteiger partial charge in [0.05, 0.1) is 19.3 Å². The van der Waals surface area contributed by atoms with Crippen molar-refractivity contribution < 1.29 is 32.6 Å². The molecular formula is C14H16F2O5.